The maximum Gasteiger partial charge on any atom is 0.128 e. The van der Waals surface area contributed by atoms with Crippen LogP contribution in [0.5, 0.6) is 0 Å². The fourth-order valence-electron chi connectivity index (χ4n) is 2.90. The highest BCUT2D eigenvalue weighted by atomic mass is 16.5. The lowest BCUT2D eigenvalue weighted by molar-refractivity contribution is 0.249. The molecule has 0 amide bonds. The van der Waals surface area contributed by atoms with E-state index in [1.165, 1.54) is 5.69 Å². The molecule has 1 aliphatic heterocycles. The Morgan fingerprint density at radius 3 is 2.82 bits per heavy atom. The Bertz CT molecular complexity index is 750. The SMILES string of the molecule is c1ncc2cc(N3CCN(Cc4cnoc4)CC3)ccc2n1. The molecule has 0 N–H and O–H groups in total. The number of nitrogens with zero attached hydrogens (tertiary/aromatic N) is 5. The molecule has 4 rings (SSSR count). The van der Waals surface area contributed by atoms with Gasteiger partial charge >= 0.3 is 0 Å². The van der Waals surface area contributed by atoms with Crippen LogP contribution in [0.3, 0.4) is 0 Å². The van der Waals surface area contributed by atoms with Gasteiger partial charge in [-0.05, 0) is 18.2 Å². The van der Waals surface area contributed by atoms with Crippen molar-refractivity contribution in [1.82, 2.24) is 20.0 Å². The molecule has 1 aliphatic rings. The highest BCUT2D eigenvalue weighted by Crippen LogP contribution is 2.21. The van der Waals surface area contributed by atoms with E-state index in [1.54, 1.807) is 18.8 Å². The Morgan fingerprint density at radius 2 is 2.00 bits per heavy atom. The Balaban J connectivity index is 1.43. The zero-order valence-corrected chi connectivity index (χ0v) is 12.2. The van der Waals surface area contributed by atoms with Gasteiger partial charge in [-0.2, -0.15) is 0 Å². The molecule has 1 aromatic carbocycles. The van der Waals surface area contributed by atoms with Gasteiger partial charge in [-0.15, -0.1) is 0 Å². The van der Waals surface area contributed by atoms with Crippen LogP contribution >= 0.6 is 0 Å². The van der Waals surface area contributed by atoms with Crippen LogP contribution in [-0.4, -0.2) is 46.2 Å². The van der Waals surface area contributed by atoms with Crippen LogP contribution < -0.4 is 4.90 Å². The second-order valence-corrected chi connectivity index (χ2v) is 5.56. The summed E-state index contributed by atoms with van der Waals surface area (Å²) in [5.74, 6) is 0. The molecule has 0 radical (unpaired) electrons. The summed E-state index contributed by atoms with van der Waals surface area (Å²) in [5, 5.41) is 4.84. The molecule has 0 unspecified atom stereocenters. The molecule has 1 saturated heterocycles. The van der Waals surface area contributed by atoms with E-state index in [2.05, 4.69) is 43.1 Å². The summed E-state index contributed by atoms with van der Waals surface area (Å²) in [4.78, 5) is 13.2. The third-order valence-electron chi connectivity index (χ3n) is 4.12. The van der Waals surface area contributed by atoms with Gasteiger partial charge in [0.25, 0.3) is 0 Å². The van der Waals surface area contributed by atoms with E-state index in [1.807, 2.05) is 6.20 Å². The van der Waals surface area contributed by atoms with E-state index < -0.39 is 0 Å². The van der Waals surface area contributed by atoms with E-state index >= 15 is 0 Å². The predicted octanol–water partition coefficient (Wildman–Crippen LogP) is 1.94. The highest BCUT2D eigenvalue weighted by molar-refractivity contribution is 5.81. The van der Waals surface area contributed by atoms with Crippen molar-refractivity contribution in [3.63, 3.8) is 0 Å². The number of benzene rings is 1. The zero-order valence-electron chi connectivity index (χ0n) is 12.2. The molecule has 0 bridgehead atoms. The van der Waals surface area contributed by atoms with Crippen molar-refractivity contribution in [2.24, 2.45) is 0 Å². The molecule has 6 nitrogen and oxygen atoms in total. The number of hydrogen-bond donors (Lipinski definition) is 0. The Morgan fingerprint density at radius 1 is 1.09 bits per heavy atom. The standard InChI is InChI=1S/C16H17N5O/c1-2-16-14(9-17-12-18-16)7-15(1)21-5-3-20(4-6-21)10-13-8-19-22-11-13/h1-2,7-9,11-12H,3-6,10H2. The average Bonchev–Trinajstić information content (AvgIpc) is 3.08. The monoisotopic (exact) mass is 295 g/mol. The third kappa shape index (κ3) is 2.65. The molecule has 6 heteroatoms. The van der Waals surface area contributed by atoms with E-state index in [0.29, 0.717) is 0 Å². The normalized spacial score (nSPS) is 16.3. The lowest BCUT2D eigenvalue weighted by atomic mass is 10.2. The number of anilines is 1. The van der Waals surface area contributed by atoms with Gasteiger partial charge in [-0.25, -0.2) is 9.97 Å². The quantitative estimate of drug-likeness (QED) is 0.736. The third-order valence-corrected chi connectivity index (χ3v) is 4.12. The molecule has 2 aromatic heterocycles. The maximum absolute atomic E-state index is 4.89. The van der Waals surface area contributed by atoms with Crippen molar-refractivity contribution in [3.05, 3.63) is 48.7 Å². The lowest BCUT2D eigenvalue weighted by Gasteiger charge is -2.35. The first-order valence-corrected chi connectivity index (χ1v) is 7.44. The summed E-state index contributed by atoms with van der Waals surface area (Å²) in [6, 6.07) is 6.38. The molecule has 22 heavy (non-hydrogen) atoms. The van der Waals surface area contributed by atoms with Gasteiger partial charge in [0.15, 0.2) is 0 Å². The molecular weight excluding hydrogens is 278 g/mol. The average molecular weight is 295 g/mol. The molecule has 0 spiro atoms. The van der Waals surface area contributed by atoms with Crippen molar-refractivity contribution in [3.8, 4) is 0 Å². The van der Waals surface area contributed by atoms with Crippen LogP contribution in [0.2, 0.25) is 0 Å². The first-order valence-electron chi connectivity index (χ1n) is 7.44. The van der Waals surface area contributed by atoms with Crippen LogP contribution in [0.1, 0.15) is 5.56 Å². The zero-order chi connectivity index (χ0) is 14.8. The Hall–Kier alpha value is -2.47. The summed E-state index contributed by atoms with van der Waals surface area (Å²) in [6.45, 7) is 5.01. The predicted molar refractivity (Wildman–Crippen MR) is 83.5 cm³/mol. The van der Waals surface area contributed by atoms with E-state index in [9.17, 15) is 0 Å². The largest absolute Gasteiger partial charge is 0.369 e. The molecule has 3 aromatic rings. The number of piperazine rings is 1. The van der Waals surface area contributed by atoms with Crippen molar-refractivity contribution in [1.29, 1.82) is 0 Å². The van der Waals surface area contributed by atoms with Gasteiger partial charge in [-0.3, -0.25) is 4.90 Å². The van der Waals surface area contributed by atoms with Gasteiger partial charge in [-0.1, -0.05) is 5.16 Å². The van der Waals surface area contributed by atoms with Crippen LogP contribution in [0.25, 0.3) is 10.9 Å². The molecule has 1 fully saturated rings. The second kappa shape index (κ2) is 5.73. The van der Waals surface area contributed by atoms with Crippen molar-refractivity contribution in [2.75, 3.05) is 31.1 Å². The van der Waals surface area contributed by atoms with E-state index in [-0.39, 0.29) is 0 Å². The lowest BCUT2D eigenvalue weighted by Crippen LogP contribution is -2.45. The number of rotatable bonds is 3. The van der Waals surface area contributed by atoms with Crippen molar-refractivity contribution < 1.29 is 4.52 Å². The smallest absolute Gasteiger partial charge is 0.128 e. The molecule has 0 atom stereocenters. The summed E-state index contributed by atoms with van der Waals surface area (Å²) in [6.07, 6.45) is 6.96. The van der Waals surface area contributed by atoms with Gasteiger partial charge in [0.2, 0.25) is 0 Å². The minimum absolute atomic E-state index is 0.906. The summed E-state index contributed by atoms with van der Waals surface area (Å²) < 4.78 is 4.89. The molecule has 0 saturated carbocycles. The first kappa shape index (κ1) is 13.2. The van der Waals surface area contributed by atoms with E-state index in [0.717, 1.165) is 49.2 Å². The number of fused-ring (bicyclic) bond motifs is 1. The first-order chi connectivity index (χ1) is 10.9. The maximum atomic E-state index is 4.89. The molecule has 0 aliphatic carbocycles. The van der Waals surface area contributed by atoms with Crippen molar-refractivity contribution >= 4 is 16.6 Å². The Kier molecular flexibility index (Phi) is 3.44. The Labute approximate surface area is 128 Å². The fraction of sp³-hybridized carbons (Fsp3) is 0.312. The molecule has 112 valence electrons. The number of aromatic nitrogens is 3. The van der Waals surface area contributed by atoms with Gasteiger partial charge in [0, 0.05) is 55.6 Å². The van der Waals surface area contributed by atoms with E-state index in [4.69, 9.17) is 4.52 Å². The van der Waals surface area contributed by atoms with Crippen LogP contribution in [-0.2, 0) is 6.54 Å². The second-order valence-electron chi connectivity index (χ2n) is 5.56. The fourth-order valence-corrected chi connectivity index (χ4v) is 2.90. The van der Waals surface area contributed by atoms with Crippen LogP contribution in [0.15, 0.2) is 47.7 Å². The number of hydrogen-bond acceptors (Lipinski definition) is 6. The van der Waals surface area contributed by atoms with Gasteiger partial charge in [0.05, 0.1) is 11.7 Å². The minimum Gasteiger partial charge on any atom is -0.369 e. The topological polar surface area (TPSA) is 58.3 Å². The summed E-state index contributed by atoms with van der Waals surface area (Å²) >= 11 is 0. The summed E-state index contributed by atoms with van der Waals surface area (Å²) in [7, 11) is 0. The van der Waals surface area contributed by atoms with Crippen molar-refractivity contribution in [2.45, 2.75) is 6.54 Å². The molecule has 3 heterocycles. The van der Waals surface area contributed by atoms with Gasteiger partial charge in [0.1, 0.15) is 12.6 Å². The minimum atomic E-state index is 0.906. The van der Waals surface area contributed by atoms with Crippen LogP contribution in [0.4, 0.5) is 5.69 Å². The van der Waals surface area contributed by atoms with Crippen LogP contribution in [0, 0.1) is 0 Å². The van der Waals surface area contributed by atoms with Gasteiger partial charge < -0.3 is 9.42 Å². The molecular formula is C16H17N5O. The summed E-state index contributed by atoms with van der Waals surface area (Å²) in [5.41, 5.74) is 3.37. The highest BCUT2D eigenvalue weighted by Gasteiger charge is 2.18.